The Bertz CT molecular complexity index is 989. The van der Waals surface area contributed by atoms with Crippen molar-refractivity contribution >= 4 is 12.0 Å². The second-order valence-corrected chi connectivity index (χ2v) is 12.7. The molecule has 0 aromatic heterocycles. The van der Waals surface area contributed by atoms with E-state index in [1.165, 1.54) is 6.92 Å². The predicted octanol–water partition coefficient (Wildman–Crippen LogP) is -3.39. The normalized spacial score (nSPS) is 40.8. The molecule has 0 bridgehead atoms. The maximum Gasteiger partial charge on any atom is 0.314 e. The van der Waals surface area contributed by atoms with Crippen molar-refractivity contribution < 1.29 is 73.8 Å². The van der Waals surface area contributed by atoms with E-state index in [1.807, 2.05) is 0 Å². The first-order valence-electron chi connectivity index (χ1n) is 16.6. The van der Waals surface area contributed by atoms with Gasteiger partial charge in [-0.1, -0.05) is 32.1 Å². The lowest BCUT2D eigenvalue weighted by Gasteiger charge is -2.47. The topological polar surface area (TPSA) is 258 Å². The highest BCUT2D eigenvalue weighted by atomic mass is 16.7. The van der Waals surface area contributed by atoms with Crippen LogP contribution in [0.5, 0.6) is 0 Å². The molecule has 0 radical (unpaired) electrons. The summed E-state index contributed by atoms with van der Waals surface area (Å²) in [6.45, 7) is 2.88. The Morgan fingerprint density at radius 2 is 1.55 bits per heavy atom. The second-order valence-electron chi connectivity index (χ2n) is 12.7. The molecule has 1 saturated carbocycles. The number of rotatable bonds is 13. The summed E-state index contributed by atoms with van der Waals surface area (Å²) in [7, 11) is 0. The van der Waals surface area contributed by atoms with Gasteiger partial charge in [0.05, 0.1) is 30.9 Å². The number of hydrogen-bond acceptors (Lipinski definition) is 15. The van der Waals surface area contributed by atoms with E-state index in [9.17, 15) is 45.3 Å². The highest BCUT2D eigenvalue weighted by molar-refractivity contribution is 5.73. The Balaban J connectivity index is 1.53. The molecule has 3 aliphatic heterocycles. The third kappa shape index (κ3) is 9.70. The Morgan fingerprint density at radius 3 is 2.21 bits per heavy atom. The summed E-state index contributed by atoms with van der Waals surface area (Å²) < 4.78 is 35.3. The maximum absolute atomic E-state index is 12.2. The Kier molecular flexibility index (Phi) is 14.4. The maximum atomic E-state index is 12.2. The average molecular weight is 680 g/mol. The van der Waals surface area contributed by atoms with Gasteiger partial charge in [0.25, 0.3) is 0 Å². The zero-order valence-corrected chi connectivity index (χ0v) is 26.8. The van der Waals surface area contributed by atoms with E-state index >= 15 is 0 Å². The monoisotopic (exact) mass is 679 g/mol. The summed E-state index contributed by atoms with van der Waals surface area (Å²) in [5, 5.41) is 80.7. The first-order chi connectivity index (χ1) is 22.4. The molecule has 17 nitrogen and oxygen atoms in total. The minimum Gasteiger partial charge on any atom is -0.547 e. The average Bonchev–Trinajstić information content (AvgIpc) is 3.05. The molecule has 14 unspecified atom stereocenters. The fraction of sp³-hybridized carbons (Fsp3) is 0.933. The van der Waals surface area contributed by atoms with E-state index in [2.05, 4.69) is 10.6 Å². The van der Waals surface area contributed by atoms with Gasteiger partial charge in [-0.3, -0.25) is 0 Å². The summed E-state index contributed by atoms with van der Waals surface area (Å²) >= 11 is 0. The number of aliphatic hydroxyl groups is 6. The molecule has 0 spiro atoms. The van der Waals surface area contributed by atoms with Crippen LogP contribution in [0.25, 0.3) is 0 Å². The van der Waals surface area contributed by atoms with Crippen LogP contribution in [0.4, 0.5) is 4.79 Å². The molecular formula is C30H51N2O15-. The highest BCUT2D eigenvalue weighted by Gasteiger charge is 2.51. The lowest BCUT2D eigenvalue weighted by atomic mass is 9.85. The molecule has 1 aliphatic carbocycles. The van der Waals surface area contributed by atoms with Crippen LogP contribution in [0, 0.1) is 5.92 Å². The lowest BCUT2D eigenvalue weighted by molar-refractivity contribution is -0.359. The number of nitrogens with one attached hydrogen (secondary N) is 2. The molecule has 4 rings (SSSR count). The summed E-state index contributed by atoms with van der Waals surface area (Å²) in [6, 6.07) is -0.486. The molecule has 0 aromatic rings. The van der Waals surface area contributed by atoms with Crippen LogP contribution in [0.2, 0.25) is 0 Å². The van der Waals surface area contributed by atoms with Crippen LogP contribution in [0.15, 0.2) is 0 Å². The molecule has 3 saturated heterocycles. The fourth-order valence-corrected chi connectivity index (χ4v) is 6.65. The Labute approximate surface area is 273 Å². The summed E-state index contributed by atoms with van der Waals surface area (Å²) in [6.07, 6.45) is -14.4. The SMILES string of the molecule is CCNC(=O)NCC1OCCC(OC2OC(CO)C(O)C(OC(CC3CCCCC3)C(=O)[O-])C2O)C1OC1OC(C)C(O)C(O)C1O. The van der Waals surface area contributed by atoms with Crippen molar-refractivity contribution in [1.82, 2.24) is 10.6 Å². The molecular weight excluding hydrogens is 628 g/mol. The van der Waals surface area contributed by atoms with Crippen LogP contribution in [0.3, 0.4) is 0 Å². The number of carbonyl (C=O) groups is 2. The first kappa shape index (κ1) is 38.1. The fourth-order valence-electron chi connectivity index (χ4n) is 6.65. The van der Waals surface area contributed by atoms with Crippen molar-refractivity contribution in [1.29, 1.82) is 0 Å². The number of aliphatic hydroxyl groups excluding tert-OH is 6. The molecule has 3 heterocycles. The number of carboxylic acid groups (broad SMARTS) is 1. The van der Waals surface area contributed by atoms with Crippen molar-refractivity contribution in [2.24, 2.45) is 5.92 Å². The standard InChI is InChI=1S/C30H52N2O15/c1-3-31-30(41)32-12-18-25(47-28-23(37)22(36)20(34)14(2)43-28)16(9-10-42-18)45-29-24(38)26(21(35)19(13-33)46-29)44-17(27(39)40)11-15-7-5-4-6-8-15/h14-26,28-29,33-38H,3-13H2,1-2H3,(H,39,40)(H2,31,32,41)/p-1. The zero-order valence-electron chi connectivity index (χ0n) is 26.8. The third-order valence-electron chi connectivity index (χ3n) is 9.36. The quantitative estimate of drug-likeness (QED) is 0.0944. The van der Waals surface area contributed by atoms with Gasteiger partial charge in [0.1, 0.15) is 54.9 Å². The van der Waals surface area contributed by atoms with Crippen molar-refractivity contribution in [3.63, 3.8) is 0 Å². The minimum absolute atomic E-state index is 0.0752. The largest absolute Gasteiger partial charge is 0.547 e. The second kappa shape index (κ2) is 17.8. The van der Waals surface area contributed by atoms with Gasteiger partial charge < -0.3 is 79.6 Å². The smallest absolute Gasteiger partial charge is 0.314 e. The summed E-state index contributed by atoms with van der Waals surface area (Å²) in [5.41, 5.74) is 0. The third-order valence-corrected chi connectivity index (χ3v) is 9.36. The molecule has 4 fully saturated rings. The number of hydrogen-bond donors (Lipinski definition) is 8. The number of amides is 2. The predicted molar refractivity (Wildman–Crippen MR) is 156 cm³/mol. The van der Waals surface area contributed by atoms with Crippen LogP contribution < -0.4 is 15.7 Å². The molecule has 8 N–H and O–H groups in total. The minimum atomic E-state index is -1.73. The van der Waals surface area contributed by atoms with Gasteiger partial charge in [0, 0.05) is 19.7 Å². The van der Waals surface area contributed by atoms with E-state index < -0.39 is 104 Å². The zero-order chi connectivity index (χ0) is 34.2. The van der Waals surface area contributed by atoms with Gasteiger partial charge in [-0.2, -0.15) is 0 Å². The van der Waals surface area contributed by atoms with Crippen LogP contribution in [0.1, 0.15) is 58.8 Å². The van der Waals surface area contributed by atoms with Crippen LogP contribution in [-0.4, -0.2) is 155 Å². The number of aliphatic carboxylic acids is 1. The van der Waals surface area contributed by atoms with Gasteiger partial charge in [0.15, 0.2) is 12.6 Å². The van der Waals surface area contributed by atoms with Crippen molar-refractivity contribution in [3.8, 4) is 0 Å². The summed E-state index contributed by atoms with van der Waals surface area (Å²) in [5.74, 6) is -1.42. The van der Waals surface area contributed by atoms with Crippen molar-refractivity contribution in [2.45, 2.75) is 145 Å². The highest BCUT2D eigenvalue weighted by Crippen LogP contribution is 2.34. The van der Waals surface area contributed by atoms with Gasteiger partial charge in [0.2, 0.25) is 0 Å². The lowest BCUT2D eigenvalue weighted by Crippen LogP contribution is -2.64. The van der Waals surface area contributed by atoms with E-state index in [1.54, 1.807) is 6.92 Å². The van der Waals surface area contributed by atoms with E-state index in [0.29, 0.717) is 6.54 Å². The number of carbonyl (C=O) groups excluding carboxylic acids is 2. The van der Waals surface area contributed by atoms with E-state index in [-0.39, 0.29) is 31.9 Å². The van der Waals surface area contributed by atoms with E-state index in [0.717, 1.165) is 32.1 Å². The number of urea groups is 1. The summed E-state index contributed by atoms with van der Waals surface area (Å²) in [4.78, 5) is 24.2. The molecule has 272 valence electrons. The molecule has 4 aliphatic rings. The molecule has 17 heteroatoms. The first-order valence-corrected chi connectivity index (χ1v) is 16.6. The van der Waals surface area contributed by atoms with Crippen LogP contribution >= 0.6 is 0 Å². The molecule has 0 aromatic carbocycles. The number of ether oxygens (including phenoxy) is 6. The van der Waals surface area contributed by atoms with Crippen molar-refractivity contribution in [2.75, 3.05) is 26.3 Å². The Hall–Kier alpha value is -1.74. The van der Waals surface area contributed by atoms with Crippen LogP contribution in [-0.2, 0) is 33.2 Å². The van der Waals surface area contributed by atoms with Gasteiger partial charge in [-0.25, -0.2) is 4.79 Å². The molecule has 47 heavy (non-hydrogen) atoms. The molecule has 14 atom stereocenters. The van der Waals surface area contributed by atoms with Crippen molar-refractivity contribution in [3.05, 3.63) is 0 Å². The van der Waals surface area contributed by atoms with Gasteiger partial charge >= 0.3 is 6.03 Å². The van der Waals surface area contributed by atoms with Gasteiger partial charge in [-0.15, -0.1) is 0 Å². The molecule has 2 amide bonds. The van der Waals surface area contributed by atoms with E-state index in [4.69, 9.17) is 28.4 Å². The Morgan fingerprint density at radius 1 is 0.851 bits per heavy atom. The van der Waals surface area contributed by atoms with Gasteiger partial charge in [-0.05, 0) is 32.6 Å². The number of carboxylic acids is 1.